The number of anilines is 2. The molecule has 0 saturated heterocycles. The number of hydrogen-bond acceptors (Lipinski definition) is 3. The molecule has 0 saturated carbocycles. The molecule has 1 aromatic rings. The van der Waals surface area contributed by atoms with Crippen molar-refractivity contribution in [2.75, 3.05) is 18.0 Å². The number of nitrogen functional groups attached to an aromatic ring is 2. The van der Waals surface area contributed by atoms with Gasteiger partial charge in [-0.05, 0) is 30.5 Å². The van der Waals surface area contributed by atoms with Gasteiger partial charge in [0.05, 0.1) is 11.4 Å². The lowest BCUT2D eigenvalue weighted by atomic mass is 10.1. The van der Waals surface area contributed by atoms with Gasteiger partial charge < -0.3 is 17.2 Å². The zero-order chi connectivity index (χ0) is 12.1. The number of amidine groups is 1. The van der Waals surface area contributed by atoms with Gasteiger partial charge in [-0.2, -0.15) is 0 Å². The van der Waals surface area contributed by atoms with Crippen LogP contribution in [0.4, 0.5) is 11.4 Å². The Kier molecular flexibility index (Phi) is 4.17. The second-order valence-corrected chi connectivity index (χ2v) is 4.29. The van der Waals surface area contributed by atoms with Crippen LogP contribution in [-0.2, 0) is 0 Å². The third-order valence-electron chi connectivity index (χ3n) is 2.37. The summed E-state index contributed by atoms with van der Waals surface area (Å²) in [5.41, 5.74) is 19.1. The lowest BCUT2D eigenvalue weighted by Crippen LogP contribution is -2.15. The fraction of sp³-hybridized carbons (Fsp3) is 0.417. The molecule has 0 heterocycles. The number of nitrogens with two attached hydrogens (primary N) is 3. The molecule has 6 N–H and O–H groups in total. The van der Waals surface area contributed by atoms with Gasteiger partial charge in [0.2, 0.25) is 0 Å². The van der Waals surface area contributed by atoms with Gasteiger partial charge in [-0.15, -0.1) is 0 Å². The first-order chi connectivity index (χ1) is 7.50. The van der Waals surface area contributed by atoms with Crippen LogP contribution in [0.3, 0.4) is 0 Å². The van der Waals surface area contributed by atoms with E-state index in [1.165, 1.54) is 0 Å². The monoisotopic (exact) mass is 220 g/mol. The summed E-state index contributed by atoms with van der Waals surface area (Å²) in [4.78, 5) is 4.30. The fourth-order valence-corrected chi connectivity index (χ4v) is 1.27. The lowest BCUT2D eigenvalue weighted by Gasteiger charge is -2.05. The van der Waals surface area contributed by atoms with E-state index >= 15 is 0 Å². The minimum absolute atomic E-state index is 0.521. The molecule has 16 heavy (non-hydrogen) atoms. The molecule has 0 unspecified atom stereocenters. The van der Waals surface area contributed by atoms with E-state index in [2.05, 4.69) is 18.8 Å². The predicted octanol–water partition coefficient (Wildman–Crippen LogP) is 1.60. The Bertz CT molecular complexity index is 383. The standard InChI is InChI=1S/C12H20N4/c1-8(2)5-6-16-12(15)9-3-4-10(13)11(14)7-9/h3-4,7-8H,5-6,13-14H2,1-2H3,(H2,15,16). The molecular weight excluding hydrogens is 200 g/mol. The highest BCUT2D eigenvalue weighted by atomic mass is 14.8. The van der Waals surface area contributed by atoms with E-state index in [1.54, 1.807) is 12.1 Å². The lowest BCUT2D eigenvalue weighted by molar-refractivity contribution is 0.597. The molecule has 0 aliphatic heterocycles. The molecule has 0 bridgehead atoms. The highest BCUT2D eigenvalue weighted by Crippen LogP contribution is 2.15. The summed E-state index contributed by atoms with van der Waals surface area (Å²) in [6.45, 7) is 5.06. The van der Waals surface area contributed by atoms with Crippen molar-refractivity contribution in [1.29, 1.82) is 0 Å². The van der Waals surface area contributed by atoms with E-state index in [4.69, 9.17) is 17.2 Å². The van der Waals surface area contributed by atoms with Gasteiger partial charge in [-0.3, -0.25) is 4.99 Å². The normalized spacial score (nSPS) is 12.1. The zero-order valence-electron chi connectivity index (χ0n) is 9.90. The highest BCUT2D eigenvalue weighted by Gasteiger charge is 2.01. The fourth-order valence-electron chi connectivity index (χ4n) is 1.27. The van der Waals surface area contributed by atoms with Gasteiger partial charge >= 0.3 is 0 Å². The maximum Gasteiger partial charge on any atom is 0.125 e. The molecule has 0 radical (unpaired) electrons. The van der Waals surface area contributed by atoms with Crippen LogP contribution in [0.5, 0.6) is 0 Å². The molecule has 0 fully saturated rings. The minimum atomic E-state index is 0.521. The smallest absolute Gasteiger partial charge is 0.125 e. The molecule has 0 aliphatic rings. The largest absolute Gasteiger partial charge is 0.397 e. The van der Waals surface area contributed by atoms with E-state index in [1.807, 2.05) is 6.07 Å². The van der Waals surface area contributed by atoms with E-state index < -0.39 is 0 Å². The van der Waals surface area contributed by atoms with Crippen molar-refractivity contribution < 1.29 is 0 Å². The van der Waals surface area contributed by atoms with E-state index in [0.717, 1.165) is 18.5 Å². The Labute approximate surface area is 96.5 Å². The molecule has 88 valence electrons. The summed E-state index contributed by atoms with van der Waals surface area (Å²) >= 11 is 0. The third-order valence-corrected chi connectivity index (χ3v) is 2.37. The topological polar surface area (TPSA) is 90.4 Å². The molecule has 0 atom stereocenters. The van der Waals surface area contributed by atoms with Crippen LogP contribution in [-0.4, -0.2) is 12.4 Å². The molecule has 1 aromatic carbocycles. The average molecular weight is 220 g/mol. The van der Waals surface area contributed by atoms with Gasteiger partial charge in [0.15, 0.2) is 0 Å². The molecule has 1 rings (SSSR count). The second kappa shape index (κ2) is 5.39. The third kappa shape index (κ3) is 3.46. The average Bonchev–Trinajstić information content (AvgIpc) is 2.21. The van der Waals surface area contributed by atoms with Crippen LogP contribution < -0.4 is 17.2 Å². The summed E-state index contributed by atoms with van der Waals surface area (Å²) in [7, 11) is 0. The van der Waals surface area contributed by atoms with Crippen LogP contribution in [0.25, 0.3) is 0 Å². The van der Waals surface area contributed by atoms with Crippen LogP contribution in [0.1, 0.15) is 25.8 Å². The van der Waals surface area contributed by atoms with E-state index in [0.29, 0.717) is 23.1 Å². The number of benzene rings is 1. The van der Waals surface area contributed by atoms with Crippen molar-refractivity contribution in [2.45, 2.75) is 20.3 Å². The second-order valence-electron chi connectivity index (χ2n) is 4.29. The first-order valence-electron chi connectivity index (χ1n) is 5.46. The molecule has 0 aromatic heterocycles. The van der Waals surface area contributed by atoms with Gasteiger partial charge in [-0.25, -0.2) is 0 Å². The summed E-state index contributed by atoms with van der Waals surface area (Å²) in [5.74, 6) is 1.15. The van der Waals surface area contributed by atoms with Crippen molar-refractivity contribution in [1.82, 2.24) is 0 Å². The van der Waals surface area contributed by atoms with E-state index in [-0.39, 0.29) is 0 Å². The first-order valence-corrected chi connectivity index (χ1v) is 5.46. The molecular formula is C12H20N4. The Morgan fingerprint density at radius 2 is 1.94 bits per heavy atom. The van der Waals surface area contributed by atoms with Crippen molar-refractivity contribution in [2.24, 2.45) is 16.6 Å². The summed E-state index contributed by atoms with van der Waals surface area (Å²) in [6, 6.07) is 5.33. The van der Waals surface area contributed by atoms with Gasteiger partial charge in [0.1, 0.15) is 5.84 Å². The van der Waals surface area contributed by atoms with Gasteiger partial charge in [0, 0.05) is 12.1 Å². The Balaban J connectivity index is 2.72. The van der Waals surface area contributed by atoms with Gasteiger partial charge in [0.25, 0.3) is 0 Å². The molecule has 0 spiro atoms. The SMILES string of the molecule is CC(C)CCN=C(N)c1ccc(N)c(N)c1. The summed E-state index contributed by atoms with van der Waals surface area (Å²) in [6.07, 6.45) is 1.03. The molecule has 0 aliphatic carbocycles. The highest BCUT2D eigenvalue weighted by molar-refractivity contribution is 5.98. The minimum Gasteiger partial charge on any atom is -0.397 e. The van der Waals surface area contributed by atoms with E-state index in [9.17, 15) is 0 Å². The Morgan fingerprint density at radius 1 is 1.25 bits per heavy atom. The van der Waals surface area contributed by atoms with Crippen LogP contribution >= 0.6 is 0 Å². The number of rotatable bonds is 4. The van der Waals surface area contributed by atoms with Crippen LogP contribution in [0, 0.1) is 5.92 Å². The van der Waals surface area contributed by atoms with Crippen molar-refractivity contribution in [3.05, 3.63) is 23.8 Å². The van der Waals surface area contributed by atoms with Crippen molar-refractivity contribution in [3.63, 3.8) is 0 Å². The first kappa shape index (κ1) is 12.4. The Hall–Kier alpha value is -1.71. The van der Waals surface area contributed by atoms with Crippen LogP contribution in [0.2, 0.25) is 0 Å². The predicted molar refractivity (Wildman–Crippen MR) is 70.3 cm³/mol. The molecule has 0 amide bonds. The molecule has 4 nitrogen and oxygen atoms in total. The van der Waals surface area contributed by atoms with Gasteiger partial charge in [-0.1, -0.05) is 13.8 Å². The Morgan fingerprint density at radius 3 is 2.50 bits per heavy atom. The maximum atomic E-state index is 5.85. The number of nitrogens with zero attached hydrogens (tertiary/aromatic N) is 1. The quantitative estimate of drug-likeness (QED) is 0.409. The number of aliphatic imine (C=N–C) groups is 1. The summed E-state index contributed by atoms with van der Waals surface area (Å²) in [5, 5.41) is 0. The number of hydrogen-bond donors (Lipinski definition) is 3. The maximum absolute atomic E-state index is 5.85. The van der Waals surface area contributed by atoms with Crippen LogP contribution in [0.15, 0.2) is 23.2 Å². The molecule has 4 heteroatoms. The van der Waals surface area contributed by atoms with Crippen molar-refractivity contribution in [3.8, 4) is 0 Å². The zero-order valence-corrected chi connectivity index (χ0v) is 9.90. The van der Waals surface area contributed by atoms with Crippen molar-refractivity contribution >= 4 is 17.2 Å². The summed E-state index contributed by atoms with van der Waals surface area (Å²) < 4.78 is 0.